The van der Waals surface area contributed by atoms with Gasteiger partial charge in [-0.2, -0.15) is 0 Å². The molecule has 4 nitrogen and oxygen atoms in total. The zero-order chi connectivity index (χ0) is 17.8. The van der Waals surface area contributed by atoms with Crippen LogP contribution in [0.1, 0.15) is 39.7 Å². The quantitative estimate of drug-likeness (QED) is 0.785. The van der Waals surface area contributed by atoms with E-state index in [2.05, 4.69) is 61.9 Å². The van der Waals surface area contributed by atoms with Crippen molar-refractivity contribution >= 4 is 11.3 Å². The van der Waals surface area contributed by atoms with E-state index in [9.17, 15) is 0 Å². The lowest BCUT2D eigenvalue weighted by atomic mass is 10.1. The number of hydrogen-bond donors (Lipinski definition) is 0. The van der Waals surface area contributed by atoms with Crippen LogP contribution in [0.3, 0.4) is 0 Å². The third kappa shape index (κ3) is 4.88. The molecule has 1 aliphatic rings. The van der Waals surface area contributed by atoms with Gasteiger partial charge in [-0.25, -0.2) is 4.98 Å². The van der Waals surface area contributed by atoms with E-state index in [1.54, 1.807) is 11.3 Å². The molecule has 1 aliphatic heterocycles. The van der Waals surface area contributed by atoms with Gasteiger partial charge in [0.1, 0.15) is 0 Å². The second kappa shape index (κ2) is 8.41. The minimum atomic E-state index is 0.327. The van der Waals surface area contributed by atoms with Gasteiger partial charge in [-0.1, -0.05) is 24.3 Å². The van der Waals surface area contributed by atoms with Gasteiger partial charge in [0.15, 0.2) is 0 Å². The van der Waals surface area contributed by atoms with Gasteiger partial charge in [-0.3, -0.25) is 9.80 Å². The summed E-state index contributed by atoms with van der Waals surface area (Å²) in [5.41, 5.74) is 3.97. The smallest absolute Gasteiger partial charge is 0.0900 e. The van der Waals surface area contributed by atoms with Crippen LogP contribution in [0.25, 0.3) is 0 Å². The molecule has 2 aromatic rings. The SMILES string of the molecule is Cc1nc([C@H](C)N(C)Cc2cccc(CN3CCOCC3)c2)c(C)s1. The maximum absolute atomic E-state index is 5.44. The fraction of sp³-hybridized carbons (Fsp3) is 0.550. The molecule has 136 valence electrons. The molecule has 0 radical (unpaired) electrons. The van der Waals surface area contributed by atoms with Crippen molar-refractivity contribution in [1.82, 2.24) is 14.8 Å². The molecule has 0 N–H and O–H groups in total. The summed E-state index contributed by atoms with van der Waals surface area (Å²) in [5, 5.41) is 1.15. The van der Waals surface area contributed by atoms with Crippen molar-refractivity contribution in [3.8, 4) is 0 Å². The highest BCUT2D eigenvalue weighted by molar-refractivity contribution is 7.11. The van der Waals surface area contributed by atoms with Gasteiger partial charge in [-0.05, 0) is 38.9 Å². The van der Waals surface area contributed by atoms with E-state index in [1.165, 1.54) is 21.7 Å². The summed E-state index contributed by atoms with van der Waals surface area (Å²) < 4.78 is 5.44. The van der Waals surface area contributed by atoms with Crippen LogP contribution in [0.4, 0.5) is 0 Å². The highest BCUT2D eigenvalue weighted by Gasteiger charge is 2.18. The van der Waals surface area contributed by atoms with E-state index in [4.69, 9.17) is 9.72 Å². The van der Waals surface area contributed by atoms with Gasteiger partial charge in [0.25, 0.3) is 0 Å². The van der Waals surface area contributed by atoms with Crippen LogP contribution >= 0.6 is 11.3 Å². The first-order chi connectivity index (χ1) is 12.0. The van der Waals surface area contributed by atoms with E-state index in [1.807, 2.05) is 0 Å². The molecule has 1 atom stereocenters. The lowest BCUT2D eigenvalue weighted by Gasteiger charge is -2.27. The monoisotopic (exact) mass is 359 g/mol. The van der Waals surface area contributed by atoms with Crippen molar-refractivity contribution in [2.45, 2.75) is 39.9 Å². The third-order valence-corrected chi connectivity index (χ3v) is 5.83. The highest BCUT2D eigenvalue weighted by atomic mass is 32.1. The number of thiazole rings is 1. The number of aryl methyl sites for hydroxylation is 2. The molecule has 0 amide bonds. The second-order valence-electron chi connectivity index (χ2n) is 6.97. The molecule has 25 heavy (non-hydrogen) atoms. The minimum absolute atomic E-state index is 0.327. The van der Waals surface area contributed by atoms with Crippen molar-refractivity contribution in [3.05, 3.63) is 51.0 Å². The number of nitrogens with zero attached hydrogens (tertiary/aromatic N) is 3. The van der Waals surface area contributed by atoms with E-state index in [0.29, 0.717) is 6.04 Å². The van der Waals surface area contributed by atoms with Crippen LogP contribution in [0.15, 0.2) is 24.3 Å². The second-order valence-corrected chi connectivity index (χ2v) is 8.38. The number of rotatable bonds is 6. The number of morpholine rings is 1. The first-order valence-electron chi connectivity index (χ1n) is 9.05. The van der Waals surface area contributed by atoms with Gasteiger partial charge in [-0.15, -0.1) is 11.3 Å². The lowest BCUT2D eigenvalue weighted by Crippen LogP contribution is -2.35. The molecule has 5 heteroatoms. The van der Waals surface area contributed by atoms with Gasteiger partial charge in [0.05, 0.1) is 30.0 Å². The molecule has 0 spiro atoms. The zero-order valence-electron chi connectivity index (χ0n) is 15.8. The van der Waals surface area contributed by atoms with Gasteiger partial charge in [0.2, 0.25) is 0 Å². The molecule has 0 unspecified atom stereocenters. The highest BCUT2D eigenvalue weighted by Crippen LogP contribution is 2.27. The average Bonchev–Trinajstić information content (AvgIpc) is 2.93. The molecule has 1 aromatic carbocycles. The van der Waals surface area contributed by atoms with Crippen LogP contribution in [-0.2, 0) is 17.8 Å². The lowest BCUT2D eigenvalue weighted by molar-refractivity contribution is 0.0342. The molecule has 1 aromatic heterocycles. The van der Waals surface area contributed by atoms with E-state index >= 15 is 0 Å². The number of ether oxygens (including phenoxy) is 1. The van der Waals surface area contributed by atoms with Crippen molar-refractivity contribution in [2.24, 2.45) is 0 Å². The molecule has 1 fully saturated rings. The van der Waals surface area contributed by atoms with E-state index in [0.717, 1.165) is 44.4 Å². The molecular weight excluding hydrogens is 330 g/mol. The topological polar surface area (TPSA) is 28.6 Å². The summed E-state index contributed by atoms with van der Waals surface area (Å²) in [6, 6.07) is 9.31. The Morgan fingerprint density at radius 3 is 2.64 bits per heavy atom. The Morgan fingerprint density at radius 2 is 1.96 bits per heavy atom. The van der Waals surface area contributed by atoms with Gasteiger partial charge < -0.3 is 4.74 Å². The Hall–Kier alpha value is -1.27. The number of benzene rings is 1. The molecule has 0 bridgehead atoms. The normalized spacial score (nSPS) is 17.2. The average molecular weight is 360 g/mol. The van der Waals surface area contributed by atoms with E-state index in [-0.39, 0.29) is 0 Å². The summed E-state index contributed by atoms with van der Waals surface area (Å²) >= 11 is 1.79. The van der Waals surface area contributed by atoms with Crippen LogP contribution in [0, 0.1) is 13.8 Å². The van der Waals surface area contributed by atoms with Gasteiger partial charge >= 0.3 is 0 Å². The van der Waals surface area contributed by atoms with Crippen LogP contribution in [0.5, 0.6) is 0 Å². The zero-order valence-corrected chi connectivity index (χ0v) is 16.6. The first-order valence-corrected chi connectivity index (χ1v) is 9.86. The van der Waals surface area contributed by atoms with Crippen LogP contribution < -0.4 is 0 Å². The summed E-state index contributed by atoms with van der Waals surface area (Å²) in [4.78, 5) is 10.9. The predicted octanol–water partition coefficient (Wildman–Crippen LogP) is 3.79. The summed E-state index contributed by atoms with van der Waals surface area (Å²) in [6.07, 6.45) is 0. The molecule has 0 saturated carbocycles. The van der Waals surface area contributed by atoms with Crippen molar-refractivity contribution < 1.29 is 4.74 Å². The van der Waals surface area contributed by atoms with Crippen LogP contribution in [0.2, 0.25) is 0 Å². The molecule has 2 heterocycles. The Morgan fingerprint density at radius 1 is 1.24 bits per heavy atom. The molecular formula is C20H29N3OS. The molecule has 1 saturated heterocycles. The summed E-state index contributed by atoms with van der Waals surface area (Å²) in [6.45, 7) is 12.2. The summed E-state index contributed by atoms with van der Waals surface area (Å²) in [5.74, 6) is 0. The third-order valence-electron chi connectivity index (χ3n) is 4.93. The van der Waals surface area contributed by atoms with Crippen molar-refractivity contribution in [2.75, 3.05) is 33.4 Å². The van der Waals surface area contributed by atoms with Gasteiger partial charge in [0, 0.05) is 31.1 Å². The van der Waals surface area contributed by atoms with Crippen molar-refractivity contribution in [3.63, 3.8) is 0 Å². The Balaban J connectivity index is 1.63. The largest absolute Gasteiger partial charge is 0.379 e. The standard InChI is InChI=1S/C20H29N3OS/c1-15(20-16(2)25-17(3)21-20)22(4)13-18-6-5-7-19(12-18)14-23-8-10-24-11-9-23/h5-7,12,15H,8-11,13-14H2,1-4H3/t15-/m0/s1. The first kappa shape index (κ1) is 18.5. The fourth-order valence-corrected chi connectivity index (χ4v) is 4.32. The fourth-order valence-electron chi connectivity index (χ4n) is 3.41. The number of hydrogen-bond acceptors (Lipinski definition) is 5. The molecule has 0 aliphatic carbocycles. The Labute approximate surface area is 155 Å². The van der Waals surface area contributed by atoms with Crippen molar-refractivity contribution in [1.29, 1.82) is 0 Å². The predicted molar refractivity (Wildman–Crippen MR) is 104 cm³/mol. The maximum Gasteiger partial charge on any atom is 0.0900 e. The maximum atomic E-state index is 5.44. The minimum Gasteiger partial charge on any atom is -0.379 e. The Kier molecular flexibility index (Phi) is 6.23. The molecule has 3 rings (SSSR count). The summed E-state index contributed by atoms with van der Waals surface area (Å²) in [7, 11) is 2.19. The van der Waals surface area contributed by atoms with E-state index < -0.39 is 0 Å². The van der Waals surface area contributed by atoms with Crippen LogP contribution in [-0.4, -0.2) is 48.1 Å². The number of aromatic nitrogens is 1. The Bertz CT molecular complexity index is 694.